The minimum atomic E-state index is 0. The minimum absolute atomic E-state index is 0. The lowest BCUT2D eigenvalue weighted by Gasteiger charge is -2.20. The highest BCUT2D eigenvalue weighted by Gasteiger charge is 2.09. The second-order valence-electron chi connectivity index (χ2n) is 7.33. The molecule has 7 heteroatoms. The number of fused-ring (bicyclic) bond motifs is 1. The number of hydrogen-bond donors (Lipinski definition) is 2. The number of rotatable bonds is 7. The van der Waals surface area contributed by atoms with Gasteiger partial charge in [-0.25, -0.2) is 4.98 Å². The Balaban J connectivity index is 0.00000280. The Kier molecular flexibility index (Phi) is 10.0. The van der Waals surface area contributed by atoms with Crippen LogP contribution in [0, 0.1) is 6.92 Å². The molecule has 2 aromatic rings. The Bertz CT molecular complexity index is 734. The van der Waals surface area contributed by atoms with Gasteiger partial charge in [0, 0.05) is 33.2 Å². The number of aryl methyl sites for hydroxylation is 2. The Morgan fingerprint density at radius 3 is 2.50 bits per heavy atom. The molecule has 1 aromatic heterocycles. The lowest BCUT2D eigenvalue weighted by molar-refractivity contribution is 0.289. The van der Waals surface area contributed by atoms with E-state index in [2.05, 4.69) is 55.2 Å². The first-order valence-electron chi connectivity index (χ1n) is 10.4. The average Bonchev–Trinajstić information content (AvgIpc) is 2.84. The van der Waals surface area contributed by atoms with E-state index in [0.717, 1.165) is 49.9 Å². The number of guanidine groups is 1. The molecule has 6 nitrogen and oxygen atoms in total. The van der Waals surface area contributed by atoms with Crippen molar-refractivity contribution in [1.82, 2.24) is 25.1 Å². The zero-order valence-electron chi connectivity index (χ0n) is 17.3. The van der Waals surface area contributed by atoms with Crippen LogP contribution in [0.25, 0.3) is 11.0 Å². The normalized spacial score (nSPS) is 15.9. The quantitative estimate of drug-likeness (QED) is 0.266. The molecule has 1 aromatic carbocycles. The van der Waals surface area contributed by atoms with Gasteiger partial charge in [0.25, 0.3) is 0 Å². The smallest absolute Gasteiger partial charge is 0.191 e. The van der Waals surface area contributed by atoms with Gasteiger partial charge in [-0.05, 0) is 51.4 Å². The van der Waals surface area contributed by atoms with E-state index in [-0.39, 0.29) is 24.0 Å². The molecule has 0 unspecified atom stereocenters. The fourth-order valence-corrected chi connectivity index (χ4v) is 3.83. The highest BCUT2D eigenvalue weighted by molar-refractivity contribution is 14.0. The third kappa shape index (κ3) is 6.62. The minimum Gasteiger partial charge on any atom is -0.356 e. The molecule has 0 bridgehead atoms. The average molecular weight is 498 g/mol. The third-order valence-electron chi connectivity index (χ3n) is 5.34. The molecule has 1 saturated heterocycles. The van der Waals surface area contributed by atoms with Crippen LogP contribution in [-0.2, 0) is 6.54 Å². The van der Waals surface area contributed by atoms with E-state index in [1.54, 1.807) is 0 Å². The molecule has 3 rings (SSSR count). The molecule has 0 amide bonds. The van der Waals surface area contributed by atoms with Crippen molar-refractivity contribution in [2.45, 2.75) is 45.6 Å². The fraction of sp³-hybridized carbons (Fsp3) is 0.619. The number of nitrogens with zero attached hydrogens (tertiary/aromatic N) is 4. The number of likely N-dealkylation sites (tertiary alicyclic amines) is 1. The third-order valence-corrected chi connectivity index (χ3v) is 5.34. The van der Waals surface area contributed by atoms with Gasteiger partial charge in [0.1, 0.15) is 5.82 Å². The van der Waals surface area contributed by atoms with Crippen LogP contribution in [0.2, 0.25) is 0 Å². The molecule has 28 heavy (non-hydrogen) atoms. The maximum Gasteiger partial charge on any atom is 0.191 e. The first-order chi connectivity index (χ1) is 13.3. The van der Waals surface area contributed by atoms with E-state index in [0.29, 0.717) is 0 Å². The van der Waals surface area contributed by atoms with Crippen LogP contribution >= 0.6 is 24.0 Å². The number of hydrogen-bond acceptors (Lipinski definition) is 3. The molecule has 2 heterocycles. The summed E-state index contributed by atoms with van der Waals surface area (Å²) in [6.07, 6.45) is 6.50. The number of aliphatic imine (C=N–C) groups is 1. The summed E-state index contributed by atoms with van der Waals surface area (Å²) in [5, 5.41) is 6.89. The van der Waals surface area contributed by atoms with Gasteiger partial charge in [0.2, 0.25) is 0 Å². The number of imidazole rings is 1. The maximum atomic E-state index is 4.64. The van der Waals surface area contributed by atoms with Gasteiger partial charge < -0.3 is 20.1 Å². The van der Waals surface area contributed by atoms with Crippen LogP contribution in [0.4, 0.5) is 0 Å². The van der Waals surface area contributed by atoms with Gasteiger partial charge in [-0.1, -0.05) is 25.0 Å². The van der Waals surface area contributed by atoms with E-state index in [1.807, 2.05) is 13.1 Å². The van der Waals surface area contributed by atoms with Gasteiger partial charge in [0.05, 0.1) is 11.0 Å². The molecule has 0 aliphatic carbocycles. The molecular weight excluding hydrogens is 463 g/mol. The first kappa shape index (κ1) is 22.9. The van der Waals surface area contributed by atoms with Crippen molar-refractivity contribution < 1.29 is 0 Å². The van der Waals surface area contributed by atoms with Gasteiger partial charge in [-0.3, -0.25) is 4.99 Å². The van der Waals surface area contributed by atoms with E-state index >= 15 is 0 Å². The zero-order valence-corrected chi connectivity index (χ0v) is 19.6. The Labute approximate surface area is 186 Å². The van der Waals surface area contributed by atoms with Crippen molar-refractivity contribution in [3.8, 4) is 0 Å². The number of halogens is 1. The predicted octanol–water partition coefficient (Wildman–Crippen LogP) is 3.39. The van der Waals surface area contributed by atoms with Gasteiger partial charge in [0.15, 0.2) is 5.96 Å². The Morgan fingerprint density at radius 1 is 1.04 bits per heavy atom. The number of aromatic nitrogens is 2. The molecule has 1 aliphatic heterocycles. The predicted molar refractivity (Wildman–Crippen MR) is 129 cm³/mol. The van der Waals surface area contributed by atoms with Crippen molar-refractivity contribution in [3.63, 3.8) is 0 Å². The van der Waals surface area contributed by atoms with Crippen LogP contribution < -0.4 is 10.6 Å². The van der Waals surface area contributed by atoms with Crippen LogP contribution in [0.3, 0.4) is 0 Å². The summed E-state index contributed by atoms with van der Waals surface area (Å²) in [4.78, 5) is 11.6. The lowest BCUT2D eigenvalue weighted by atomic mass is 10.2. The molecule has 2 N–H and O–H groups in total. The standard InChI is InChI=1S/C21H34N6.HI/c1-18-25-19-10-5-6-11-20(19)27(18)16-9-12-23-21(22-2)24-13-17-26-14-7-3-4-8-15-26;/h5-6,10-11H,3-4,7-9,12-17H2,1-2H3,(H2,22,23,24);1H. The number of nitrogens with one attached hydrogen (secondary N) is 2. The van der Waals surface area contributed by atoms with Crippen molar-refractivity contribution in [1.29, 1.82) is 0 Å². The van der Waals surface area contributed by atoms with Crippen molar-refractivity contribution in [3.05, 3.63) is 30.1 Å². The second-order valence-corrected chi connectivity index (χ2v) is 7.33. The fourth-order valence-electron chi connectivity index (χ4n) is 3.83. The largest absolute Gasteiger partial charge is 0.356 e. The highest BCUT2D eigenvalue weighted by Crippen LogP contribution is 2.15. The van der Waals surface area contributed by atoms with E-state index in [1.165, 1.54) is 44.3 Å². The topological polar surface area (TPSA) is 57.5 Å². The lowest BCUT2D eigenvalue weighted by Crippen LogP contribution is -2.42. The first-order valence-corrected chi connectivity index (χ1v) is 10.4. The summed E-state index contributed by atoms with van der Waals surface area (Å²) < 4.78 is 2.30. The zero-order chi connectivity index (χ0) is 18.9. The number of benzene rings is 1. The summed E-state index contributed by atoms with van der Waals surface area (Å²) in [6.45, 7) is 8.47. The summed E-state index contributed by atoms with van der Waals surface area (Å²) >= 11 is 0. The summed E-state index contributed by atoms with van der Waals surface area (Å²) in [5.74, 6) is 1.98. The molecule has 0 saturated carbocycles. The Morgan fingerprint density at radius 2 is 1.75 bits per heavy atom. The van der Waals surface area contributed by atoms with Gasteiger partial charge in [-0.15, -0.1) is 24.0 Å². The van der Waals surface area contributed by atoms with Crippen LogP contribution in [-0.4, -0.2) is 60.2 Å². The summed E-state index contributed by atoms with van der Waals surface area (Å²) in [5.41, 5.74) is 2.30. The van der Waals surface area contributed by atoms with Crippen molar-refractivity contribution in [2.75, 3.05) is 39.8 Å². The number of para-hydroxylation sites is 2. The van der Waals surface area contributed by atoms with E-state index in [9.17, 15) is 0 Å². The summed E-state index contributed by atoms with van der Waals surface area (Å²) in [7, 11) is 1.84. The molecule has 1 fully saturated rings. The molecule has 0 spiro atoms. The van der Waals surface area contributed by atoms with Gasteiger partial charge in [-0.2, -0.15) is 0 Å². The van der Waals surface area contributed by atoms with Crippen LogP contribution in [0.5, 0.6) is 0 Å². The van der Waals surface area contributed by atoms with Gasteiger partial charge >= 0.3 is 0 Å². The van der Waals surface area contributed by atoms with Crippen molar-refractivity contribution in [2.24, 2.45) is 4.99 Å². The maximum absolute atomic E-state index is 4.64. The molecular formula is C21H35IN6. The van der Waals surface area contributed by atoms with Crippen LogP contribution in [0.15, 0.2) is 29.3 Å². The molecule has 0 radical (unpaired) electrons. The SMILES string of the molecule is CN=C(NCCCn1c(C)nc2ccccc21)NCCN1CCCCCC1.I. The molecule has 156 valence electrons. The molecule has 1 aliphatic rings. The molecule has 0 atom stereocenters. The van der Waals surface area contributed by atoms with E-state index < -0.39 is 0 Å². The summed E-state index contributed by atoms with van der Waals surface area (Å²) in [6, 6.07) is 8.34. The van der Waals surface area contributed by atoms with Crippen molar-refractivity contribution >= 4 is 41.0 Å². The monoisotopic (exact) mass is 498 g/mol. The van der Waals surface area contributed by atoms with Crippen LogP contribution in [0.1, 0.15) is 37.9 Å². The van der Waals surface area contributed by atoms with E-state index in [4.69, 9.17) is 0 Å². The highest BCUT2D eigenvalue weighted by atomic mass is 127. The second kappa shape index (κ2) is 12.3. The Hall–Kier alpha value is -1.35.